The molecule has 2 atom stereocenters. The van der Waals surface area contributed by atoms with Gasteiger partial charge in [-0.3, -0.25) is 4.79 Å². The number of benzene rings is 1. The lowest BCUT2D eigenvalue weighted by atomic mass is 10.1. The van der Waals surface area contributed by atoms with Crippen LogP contribution in [0.3, 0.4) is 0 Å². The van der Waals surface area contributed by atoms with Crippen LogP contribution >= 0.6 is 11.6 Å². The topological polar surface area (TPSA) is 104 Å². The van der Waals surface area contributed by atoms with E-state index in [1.165, 1.54) is 6.07 Å². The normalized spacial score (nSPS) is 19.3. The molecule has 0 saturated carbocycles. The van der Waals surface area contributed by atoms with Gasteiger partial charge >= 0.3 is 0 Å². The molecule has 1 aliphatic heterocycles. The van der Waals surface area contributed by atoms with E-state index >= 15 is 0 Å². The van der Waals surface area contributed by atoms with Crippen molar-refractivity contribution in [2.75, 3.05) is 25.7 Å². The van der Waals surface area contributed by atoms with Crippen LogP contribution in [0.1, 0.15) is 12.0 Å². The molecule has 136 valence electrons. The van der Waals surface area contributed by atoms with E-state index in [1.807, 2.05) is 6.07 Å². The number of nitrogens with one attached hydrogen (secondary N) is 1. The molecular weight excluding hydrogens is 358 g/mol. The SMILES string of the molecule is N#Cc1cc2ccnc(OC[C@@H]3C[C@H](COCCCl)C(=O)N3)c2cc1O. The number of alkyl halides is 1. The summed E-state index contributed by atoms with van der Waals surface area (Å²) in [6.45, 7) is 1.01. The first kappa shape index (κ1) is 18.2. The third-order valence-electron chi connectivity index (χ3n) is 4.21. The highest BCUT2D eigenvalue weighted by Crippen LogP contribution is 2.30. The van der Waals surface area contributed by atoms with Gasteiger partial charge in [-0.1, -0.05) is 0 Å². The van der Waals surface area contributed by atoms with Crippen molar-refractivity contribution >= 4 is 28.3 Å². The lowest BCUT2D eigenvalue weighted by Gasteiger charge is -2.13. The van der Waals surface area contributed by atoms with Gasteiger partial charge in [0.15, 0.2) is 0 Å². The molecule has 2 aromatic rings. The van der Waals surface area contributed by atoms with E-state index in [0.717, 1.165) is 5.39 Å². The molecule has 0 bridgehead atoms. The molecule has 1 saturated heterocycles. The Morgan fingerprint density at radius 3 is 3.04 bits per heavy atom. The summed E-state index contributed by atoms with van der Waals surface area (Å²) in [6.07, 6.45) is 2.18. The predicted molar refractivity (Wildman–Crippen MR) is 95.2 cm³/mol. The van der Waals surface area contributed by atoms with Crippen molar-refractivity contribution in [1.82, 2.24) is 10.3 Å². The van der Waals surface area contributed by atoms with E-state index < -0.39 is 0 Å². The lowest BCUT2D eigenvalue weighted by molar-refractivity contribution is -0.124. The second kappa shape index (κ2) is 8.21. The Bertz CT molecular complexity index is 852. The van der Waals surface area contributed by atoms with Crippen molar-refractivity contribution in [3.63, 3.8) is 0 Å². The summed E-state index contributed by atoms with van der Waals surface area (Å²) in [7, 11) is 0. The molecule has 0 unspecified atom stereocenters. The Morgan fingerprint density at radius 1 is 1.42 bits per heavy atom. The molecule has 1 aromatic heterocycles. The molecule has 2 heterocycles. The standard InChI is InChI=1S/C18H18ClN3O4/c19-2-4-25-9-13-6-14(22-17(13)24)10-26-18-15-7-16(23)12(8-20)5-11(15)1-3-21-18/h1,3,5,7,13-14,23H,2,4,6,9-10H2,(H,22,24)/t13-,14+/m1/s1. The minimum atomic E-state index is -0.213. The van der Waals surface area contributed by atoms with Gasteiger partial charge in [0.1, 0.15) is 18.4 Å². The first-order valence-corrected chi connectivity index (χ1v) is 8.74. The van der Waals surface area contributed by atoms with Crippen molar-refractivity contribution in [1.29, 1.82) is 5.26 Å². The predicted octanol–water partition coefficient (Wildman–Crippen LogP) is 1.95. The number of hydrogen-bond donors (Lipinski definition) is 2. The first-order chi connectivity index (χ1) is 12.6. The number of aromatic hydroxyl groups is 1. The summed E-state index contributed by atoms with van der Waals surface area (Å²) in [5.74, 6) is 0.348. The van der Waals surface area contributed by atoms with Crippen LogP contribution in [0.5, 0.6) is 11.6 Å². The first-order valence-electron chi connectivity index (χ1n) is 8.21. The number of amides is 1. The molecular formula is C18H18ClN3O4. The van der Waals surface area contributed by atoms with Gasteiger partial charge < -0.3 is 19.9 Å². The molecule has 1 aliphatic rings. The highest BCUT2D eigenvalue weighted by molar-refractivity contribution is 6.17. The number of nitrogens with zero attached hydrogens (tertiary/aromatic N) is 2. The van der Waals surface area contributed by atoms with Crippen LogP contribution in [0, 0.1) is 17.2 Å². The average Bonchev–Trinajstić information content (AvgIpc) is 2.99. The highest BCUT2D eigenvalue weighted by Gasteiger charge is 2.32. The molecule has 8 heteroatoms. The van der Waals surface area contributed by atoms with Gasteiger partial charge in [0, 0.05) is 17.5 Å². The molecule has 3 rings (SSSR count). The summed E-state index contributed by atoms with van der Waals surface area (Å²) >= 11 is 5.56. The van der Waals surface area contributed by atoms with Gasteiger partial charge in [0.25, 0.3) is 0 Å². The second-order valence-corrected chi connectivity index (χ2v) is 6.41. The number of nitriles is 1. The molecule has 0 radical (unpaired) electrons. The zero-order valence-electron chi connectivity index (χ0n) is 13.9. The maximum Gasteiger partial charge on any atom is 0.225 e. The summed E-state index contributed by atoms with van der Waals surface area (Å²) in [4.78, 5) is 16.2. The lowest BCUT2D eigenvalue weighted by Crippen LogP contribution is -2.31. The van der Waals surface area contributed by atoms with Crippen molar-refractivity contribution < 1.29 is 19.4 Å². The van der Waals surface area contributed by atoms with E-state index in [-0.39, 0.29) is 35.8 Å². The van der Waals surface area contributed by atoms with Gasteiger partial charge in [-0.2, -0.15) is 5.26 Å². The molecule has 1 fully saturated rings. The van der Waals surface area contributed by atoms with Crippen LogP contribution in [0.2, 0.25) is 0 Å². The molecule has 1 aromatic carbocycles. The van der Waals surface area contributed by atoms with E-state index in [9.17, 15) is 9.90 Å². The Balaban J connectivity index is 1.66. The molecule has 1 amide bonds. The van der Waals surface area contributed by atoms with E-state index in [2.05, 4.69) is 10.3 Å². The van der Waals surface area contributed by atoms with Crippen LogP contribution in [-0.2, 0) is 9.53 Å². The number of phenolic OH excluding ortho intramolecular Hbond substituents is 1. The Labute approximate surface area is 155 Å². The van der Waals surface area contributed by atoms with Crippen LogP contribution in [0.15, 0.2) is 24.4 Å². The number of aromatic nitrogens is 1. The summed E-state index contributed by atoms with van der Waals surface area (Å²) in [5.41, 5.74) is 0.192. The monoisotopic (exact) mass is 375 g/mol. The molecule has 2 N–H and O–H groups in total. The number of carbonyl (C=O) groups is 1. The summed E-state index contributed by atoms with van der Waals surface area (Å²) in [5, 5.41) is 23.1. The number of fused-ring (bicyclic) bond motifs is 1. The number of ether oxygens (including phenoxy) is 2. The summed E-state index contributed by atoms with van der Waals surface area (Å²) < 4.78 is 11.1. The van der Waals surface area contributed by atoms with Gasteiger partial charge in [0.2, 0.25) is 11.8 Å². The second-order valence-electron chi connectivity index (χ2n) is 6.03. The number of hydrogen-bond acceptors (Lipinski definition) is 6. The molecule has 0 spiro atoms. The molecule has 26 heavy (non-hydrogen) atoms. The third-order valence-corrected chi connectivity index (χ3v) is 4.37. The minimum absolute atomic E-state index is 0.0599. The zero-order chi connectivity index (χ0) is 18.5. The maximum absolute atomic E-state index is 12.0. The van der Waals surface area contributed by atoms with Gasteiger partial charge in [-0.05, 0) is 30.0 Å². The van der Waals surface area contributed by atoms with Gasteiger partial charge in [-0.15, -0.1) is 11.6 Å². The van der Waals surface area contributed by atoms with E-state index in [4.69, 9.17) is 26.3 Å². The van der Waals surface area contributed by atoms with Crippen LogP contribution in [0.25, 0.3) is 10.8 Å². The van der Waals surface area contributed by atoms with Crippen molar-refractivity contribution in [3.05, 3.63) is 30.0 Å². The quantitative estimate of drug-likeness (QED) is 0.566. The zero-order valence-corrected chi connectivity index (χ0v) is 14.7. The fourth-order valence-corrected chi connectivity index (χ4v) is 3.04. The number of phenols is 1. The van der Waals surface area contributed by atoms with E-state index in [0.29, 0.717) is 36.8 Å². The minimum Gasteiger partial charge on any atom is -0.507 e. The third kappa shape index (κ3) is 3.98. The number of pyridine rings is 1. The van der Waals surface area contributed by atoms with Crippen LogP contribution in [0.4, 0.5) is 0 Å². The largest absolute Gasteiger partial charge is 0.507 e. The average molecular weight is 376 g/mol. The number of halogens is 1. The van der Waals surface area contributed by atoms with Crippen molar-refractivity contribution in [2.24, 2.45) is 5.92 Å². The van der Waals surface area contributed by atoms with Gasteiger partial charge in [0.05, 0.1) is 30.7 Å². The molecule has 7 nitrogen and oxygen atoms in total. The van der Waals surface area contributed by atoms with E-state index in [1.54, 1.807) is 18.3 Å². The maximum atomic E-state index is 12.0. The van der Waals surface area contributed by atoms with Crippen LogP contribution < -0.4 is 10.1 Å². The Hall–Kier alpha value is -2.56. The van der Waals surface area contributed by atoms with Crippen LogP contribution in [-0.4, -0.2) is 47.7 Å². The van der Waals surface area contributed by atoms with Crippen molar-refractivity contribution in [3.8, 4) is 17.7 Å². The van der Waals surface area contributed by atoms with Crippen molar-refractivity contribution in [2.45, 2.75) is 12.5 Å². The Morgan fingerprint density at radius 2 is 2.27 bits per heavy atom. The number of carbonyl (C=O) groups excluding carboxylic acids is 1. The fraction of sp³-hybridized carbons (Fsp3) is 0.389. The Kier molecular flexibility index (Phi) is 5.76. The summed E-state index contributed by atoms with van der Waals surface area (Å²) in [6, 6.07) is 6.58. The smallest absolute Gasteiger partial charge is 0.225 e. The highest BCUT2D eigenvalue weighted by atomic mass is 35.5. The van der Waals surface area contributed by atoms with Gasteiger partial charge in [-0.25, -0.2) is 4.98 Å². The number of rotatable bonds is 7. The fourth-order valence-electron chi connectivity index (χ4n) is 2.93. The molecule has 0 aliphatic carbocycles.